The topological polar surface area (TPSA) is 80.2 Å². The molecule has 0 bridgehead atoms. The van der Waals surface area contributed by atoms with Crippen LogP contribution in [0.2, 0.25) is 0 Å². The van der Waals surface area contributed by atoms with E-state index in [0.29, 0.717) is 12.4 Å². The number of nitrogen functional groups attached to an aromatic ring is 1. The van der Waals surface area contributed by atoms with Gasteiger partial charge >= 0.3 is 0 Å². The normalized spacial score (nSPS) is 10.9. The molecule has 2 aromatic rings. The maximum Gasteiger partial charge on any atom is 0.145 e. The van der Waals surface area contributed by atoms with E-state index in [9.17, 15) is 0 Å². The van der Waals surface area contributed by atoms with Crippen LogP contribution in [-0.2, 0) is 6.54 Å². The molecule has 2 rings (SSSR count). The third-order valence-electron chi connectivity index (χ3n) is 2.97. The summed E-state index contributed by atoms with van der Waals surface area (Å²) in [4.78, 5) is 10.9. The number of hydrogen-bond donors (Lipinski definition) is 2. The Labute approximate surface area is 119 Å². The molecule has 0 aliphatic carbocycles. The number of hydrogen-bond acceptors (Lipinski definition) is 6. The average Bonchev–Trinajstić information content (AvgIpc) is 2.83. The zero-order valence-electron chi connectivity index (χ0n) is 12.3. The Morgan fingerprint density at radius 2 is 2.10 bits per heavy atom. The molecule has 20 heavy (non-hydrogen) atoms. The van der Waals surface area contributed by atoms with E-state index >= 15 is 0 Å². The number of anilines is 2. The minimum Gasteiger partial charge on any atom is -0.464 e. The fraction of sp³-hybridized carbons (Fsp3) is 0.429. The van der Waals surface area contributed by atoms with Gasteiger partial charge in [0.05, 0.1) is 6.54 Å². The van der Waals surface area contributed by atoms with E-state index in [-0.39, 0.29) is 5.92 Å². The molecule has 6 heteroatoms. The van der Waals surface area contributed by atoms with Gasteiger partial charge in [0.15, 0.2) is 0 Å². The Balaban J connectivity index is 2.24. The van der Waals surface area contributed by atoms with Gasteiger partial charge in [0.1, 0.15) is 29.0 Å². The molecule has 0 saturated carbocycles. The molecular weight excluding hydrogens is 254 g/mol. The number of aryl methyl sites for hydroxylation is 1. The first-order valence-electron chi connectivity index (χ1n) is 6.61. The molecule has 0 amide bonds. The summed E-state index contributed by atoms with van der Waals surface area (Å²) in [5, 5.41) is 0. The molecule has 0 unspecified atom stereocenters. The van der Waals surface area contributed by atoms with Crippen molar-refractivity contribution in [2.45, 2.75) is 33.2 Å². The van der Waals surface area contributed by atoms with Crippen molar-refractivity contribution in [1.29, 1.82) is 0 Å². The van der Waals surface area contributed by atoms with Crippen LogP contribution in [0.25, 0.3) is 0 Å². The van der Waals surface area contributed by atoms with Gasteiger partial charge in [-0.15, -0.1) is 0 Å². The quantitative estimate of drug-likeness (QED) is 0.644. The van der Waals surface area contributed by atoms with Crippen molar-refractivity contribution in [2.75, 3.05) is 17.4 Å². The van der Waals surface area contributed by atoms with Crippen molar-refractivity contribution in [3.05, 3.63) is 35.5 Å². The van der Waals surface area contributed by atoms with Crippen LogP contribution in [0.5, 0.6) is 0 Å². The highest BCUT2D eigenvalue weighted by molar-refractivity contribution is 5.48. The van der Waals surface area contributed by atoms with Crippen LogP contribution in [0.1, 0.15) is 37.1 Å². The van der Waals surface area contributed by atoms with Crippen LogP contribution in [-0.4, -0.2) is 17.0 Å². The van der Waals surface area contributed by atoms with Gasteiger partial charge in [-0.3, -0.25) is 0 Å². The van der Waals surface area contributed by atoms with E-state index < -0.39 is 0 Å². The lowest BCUT2D eigenvalue weighted by Crippen LogP contribution is -2.20. The molecule has 6 nitrogen and oxygen atoms in total. The lowest BCUT2D eigenvalue weighted by Gasteiger charge is -2.19. The molecule has 0 radical (unpaired) electrons. The van der Waals surface area contributed by atoms with E-state index in [0.717, 1.165) is 23.2 Å². The second-order valence-electron chi connectivity index (χ2n) is 5.14. The van der Waals surface area contributed by atoms with Crippen molar-refractivity contribution in [2.24, 2.45) is 5.84 Å². The molecule has 0 aliphatic rings. The van der Waals surface area contributed by atoms with Crippen LogP contribution in [0.3, 0.4) is 0 Å². The number of nitrogens with two attached hydrogens (primary N) is 1. The van der Waals surface area contributed by atoms with E-state index in [4.69, 9.17) is 10.3 Å². The zero-order valence-corrected chi connectivity index (χ0v) is 12.3. The summed E-state index contributed by atoms with van der Waals surface area (Å²) >= 11 is 0. The Morgan fingerprint density at radius 3 is 2.65 bits per heavy atom. The SMILES string of the molecule is Cc1ccc(CN(C)c2cc(NN)nc(C(C)C)n2)o1. The van der Waals surface area contributed by atoms with Gasteiger partial charge in [-0.05, 0) is 19.1 Å². The van der Waals surface area contributed by atoms with Gasteiger partial charge in [-0.1, -0.05) is 13.8 Å². The second-order valence-corrected chi connectivity index (χ2v) is 5.14. The van der Waals surface area contributed by atoms with Gasteiger partial charge < -0.3 is 14.7 Å². The summed E-state index contributed by atoms with van der Waals surface area (Å²) in [5.74, 6) is 9.69. The molecule has 0 saturated heterocycles. The molecule has 2 aromatic heterocycles. The zero-order chi connectivity index (χ0) is 14.7. The van der Waals surface area contributed by atoms with Crippen molar-refractivity contribution in [3.63, 3.8) is 0 Å². The standard InChI is InChI=1S/C14H21N5O/c1-9(2)14-16-12(18-15)7-13(17-14)19(4)8-11-6-5-10(3)20-11/h5-7,9H,8,15H2,1-4H3,(H,16,17,18). The molecule has 0 aliphatic heterocycles. The minimum atomic E-state index is 0.237. The number of aromatic nitrogens is 2. The third-order valence-corrected chi connectivity index (χ3v) is 2.97. The highest BCUT2D eigenvalue weighted by Gasteiger charge is 2.12. The molecule has 2 heterocycles. The summed E-state index contributed by atoms with van der Waals surface area (Å²) < 4.78 is 5.58. The van der Waals surface area contributed by atoms with Crippen LogP contribution in [0.15, 0.2) is 22.6 Å². The molecule has 0 aromatic carbocycles. The monoisotopic (exact) mass is 275 g/mol. The van der Waals surface area contributed by atoms with Crippen molar-refractivity contribution in [1.82, 2.24) is 9.97 Å². The number of hydrazine groups is 1. The van der Waals surface area contributed by atoms with Crippen LogP contribution >= 0.6 is 0 Å². The smallest absolute Gasteiger partial charge is 0.145 e. The van der Waals surface area contributed by atoms with E-state index in [2.05, 4.69) is 29.2 Å². The maximum atomic E-state index is 5.58. The molecule has 0 spiro atoms. The first-order chi connectivity index (χ1) is 9.49. The summed E-state index contributed by atoms with van der Waals surface area (Å²) in [6, 6.07) is 5.75. The number of nitrogens with one attached hydrogen (secondary N) is 1. The first-order valence-corrected chi connectivity index (χ1v) is 6.61. The van der Waals surface area contributed by atoms with E-state index in [1.54, 1.807) is 0 Å². The summed E-state index contributed by atoms with van der Waals surface area (Å²) in [5.41, 5.74) is 2.58. The lowest BCUT2D eigenvalue weighted by atomic mass is 10.2. The average molecular weight is 275 g/mol. The fourth-order valence-corrected chi connectivity index (χ4v) is 1.87. The lowest BCUT2D eigenvalue weighted by molar-refractivity contribution is 0.481. The largest absolute Gasteiger partial charge is 0.464 e. The second kappa shape index (κ2) is 5.92. The fourth-order valence-electron chi connectivity index (χ4n) is 1.87. The minimum absolute atomic E-state index is 0.237. The van der Waals surface area contributed by atoms with Crippen molar-refractivity contribution >= 4 is 11.6 Å². The number of furan rings is 1. The van der Waals surface area contributed by atoms with Crippen LogP contribution in [0.4, 0.5) is 11.6 Å². The summed E-state index contributed by atoms with van der Waals surface area (Å²) in [7, 11) is 1.96. The molecule has 0 fully saturated rings. The van der Waals surface area contributed by atoms with E-state index in [1.165, 1.54) is 0 Å². The predicted molar refractivity (Wildman–Crippen MR) is 79.5 cm³/mol. The van der Waals surface area contributed by atoms with E-state index in [1.807, 2.05) is 37.1 Å². The van der Waals surface area contributed by atoms with Gasteiger partial charge in [0.25, 0.3) is 0 Å². The number of rotatable bonds is 5. The molecule has 108 valence electrons. The van der Waals surface area contributed by atoms with Gasteiger partial charge in [-0.25, -0.2) is 15.8 Å². The Kier molecular flexibility index (Phi) is 4.24. The first kappa shape index (κ1) is 14.3. The van der Waals surface area contributed by atoms with Gasteiger partial charge in [0, 0.05) is 19.0 Å². The highest BCUT2D eigenvalue weighted by atomic mass is 16.3. The van der Waals surface area contributed by atoms with Gasteiger partial charge in [0.2, 0.25) is 0 Å². The Hall–Kier alpha value is -2.08. The highest BCUT2D eigenvalue weighted by Crippen LogP contribution is 2.20. The van der Waals surface area contributed by atoms with Crippen molar-refractivity contribution < 1.29 is 4.42 Å². The third kappa shape index (κ3) is 3.27. The Morgan fingerprint density at radius 1 is 1.35 bits per heavy atom. The predicted octanol–water partition coefficient (Wildman–Crippen LogP) is 2.42. The van der Waals surface area contributed by atoms with Crippen molar-refractivity contribution in [3.8, 4) is 0 Å². The molecular formula is C14H21N5O. The number of nitrogens with zero attached hydrogens (tertiary/aromatic N) is 3. The summed E-state index contributed by atoms with van der Waals surface area (Å²) in [6.07, 6.45) is 0. The molecule has 3 N–H and O–H groups in total. The van der Waals surface area contributed by atoms with Crippen LogP contribution in [0, 0.1) is 6.92 Å². The maximum absolute atomic E-state index is 5.58. The van der Waals surface area contributed by atoms with Gasteiger partial charge in [-0.2, -0.15) is 0 Å². The summed E-state index contributed by atoms with van der Waals surface area (Å²) in [6.45, 7) is 6.68. The van der Waals surface area contributed by atoms with Crippen LogP contribution < -0.4 is 16.2 Å². The Bertz CT molecular complexity index is 579. The molecule has 0 atom stereocenters.